The molecule has 0 saturated heterocycles. The van der Waals surface area contributed by atoms with E-state index in [-0.39, 0.29) is 6.79 Å². The van der Waals surface area contributed by atoms with Crippen molar-refractivity contribution in [1.82, 2.24) is 20.2 Å². The molecular formula is C20H18N6O3. The molecule has 0 unspecified atom stereocenters. The second kappa shape index (κ2) is 7.19. The molecule has 2 aromatic heterocycles. The van der Waals surface area contributed by atoms with Crippen molar-refractivity contribution in [1.29, 1.82) is 0 Å². The number of aromatic amines is 1. The number of benzene rings is 2. The van der Waals surface area contributed by atoms with Gasteiger partial charge in [0.15, 0.2) is 17.1 Å². The van der Waals surface area contributed by atoms with E-state index in [1.165, 1.54) is 0 Å². The molecule has 3 N–H and O–H groups in total. The molecule has 2 aromatic carbocycles. The smallest absolute Gasteiger partial charge is 0.231 e. The summed E-state index contributed by atoms with van der Waals surface area (Å²) in [5, 5.41) is 14.3. The molecule has 0 radical (unpaired) electrons. The van der Waals surface area contributed by atoms with Gasteiger partial charge in [-0.1, -0.05) is 6.07 Å². The van der Waals surface area contributed by atoms with Crippen molar-refractivity contribution in [2.24, 2.45) is 0 Å². The highest BCUT2D eigenvalue weighted by molar-refractivity contribution is 5.89. The van der Waals surface area contributed by atoms with Crippen molar-refractivity contribution in [3.8, 4) is 17.2 Å². The first-order valence-electron chi connectivity index (χ1n) is 9.03. The molecule has 1 aliphatic rings. The summed E-state index contributed by atoms with van der Waals surface area (Å²) in [6.45, 7) is 0.796. The third-order valence-corrected chi connectivity index (χ3v) is 4.55. The Morgan fingerprint density at radius 3 is 2.79 bits per heavy atom. The Morgan fingerprint density at radius 1 is 1.07 bits per heavy atom. The van der Waals surface area contributed by atoms with Gasteiger partial charge in [-0.2, -0.15) is 15.1 Å². The molecule has 3 heterocycles. The molecule has 0 saturated carbocycles. The van der Waals surface area contributed by atoms with Crippen molar-refractivity contribution < 1.29 is 14.2 Å². The number of H-pyrrole nitrogens is 1. The summed E-state index contributed by atoms with van der Waals surface area (Å²) in [6, 6.07) is 13.4. The number of nitrogens with zero attached hydrogens (tertiary/aromatic N) is 3. The molecule has 0 spiro atoms. The molecule has 9 heteroatoms. The Kier molecular flexibility index (Phi) is 4.24. The maximum absolute atomic E-state index is 5.43. The van der Waals surface area contributed by atoms with Crippen LogP contribution in [0.4, 0.5) is 17.5 Å². The first kappa shape index (κ1) is 17.1. The van der Waals surface area contributed by atoms with Gasteiger partial charge in [0.2, 0.25) is 12.7 Å². The van der Waals surface area contributed by atoms with Gasteiger partial charge < -0.3 is 24.8 Å². The quantitative estimate of drug-likeness (QED) is 0.460. The maximum Gasteiger partial charge on any atom is 0.231 e. The van der Waals surface area contributed by atoms with E-state index in [0.717, 1.165) is 33.9 Å². The Balaban J connectivity index is 1.38. The number of nitrogens with one attached hydrogen (secondary N) is 3. The number of methoxy groups -OCH3 is 1. The monoisotopic (exact) mass is 390 g/mol. The number of aromatic nitrogens is 4. The lowest BCUT2D eigenvalue weighted by Crippen LogP contribution is -2.06. The second-order valence-corrected chi connectivity index (χ2v) is 6.42. The van der Waals surface area contributed by atoms with Gasteiger partial charge in [-0.15, -0.1) is 0 Å². The summed E-state index contributed by atoms with van der Waals surface area (Å²) >= 11 is 0. The van der Waals surface area contributed by atoms with Gasteiger partial charge in [0.1, 0.15) is 11.6 Å². The number of anilines is 3. The minimum absolute atomic E-state index is 0.256. The fraction of sp³-hybridized carbons (Fsp3) is 0.150. The molecule has 5 rings (SSSR count). The van der Waals surface area contributed by atoms with Crippen LogP contribution in [0.3, 0.4) is 0 Å². The summed E-state index contributed by atoms with van der Waals surface area (Å²) in [7, 11) is 1.64. The lowest BCUT2D eigenvalue weighted by Gasteiger charge is -2.10. The van der Waals surface area contributed by atoms with E-state index in [1.807, 2.05) is 42.5 Å². The SMILES string of the molecule is COc1ccc(Nc2nc(NCc3ccc4c(c3)OCO4)nc3[nH]ncc23)cc1. The van der Waals surface area contributed by atoms with Gasteiger partial charge in [0, 0.05) is 12.2 Å². The standard InChI is InChI=1S/C20H18N6O3/c1-27-14-5-3-13(4-6-14)23-18-15-10-22-26-19(15)25-20(24-18)21-9-12-2-7-16-17(8-12)29-11-28-16/h2-8,10H,9,11H2,1H3,(H3,21,22,23,24,25,26). The third-order valence-electron chi connectivity index (χ3n) is 4.55. The molecule has 0 fully saturated rings. The highest BCUT2D eigenvalue weighted by Crippen LogP contribution is 2.32. The van der Waals surface area contributed by atoms with Crippen molar-refractivity contribution in [2.45, 2.75) is 6.54 Å². The fourth-order valence-corrected chi connectivity index (χ4v) is 3.05. The normalized spacial score (nSPS) is 12.2. The summed E-state index contributed by atoms with van der Waals surface area (Å²) in [6.07, 6.45) is 1.70. The number of ether oxygens (including phenoxy) is 3. The van der Waals surface area contributed by atoms with E-state index in [9.17, 15) is 0 Å². The summed E-state index contributed by atoms with van der Waals surface area (Å²) < 4.78 is 16.0. The lowest BCUT2D eigenvalue weighted by atomic mass is 10.2. The van der Waals surface area contributed by atoms with E-state index < -0.39 is 0 Å². The van der Waals surface area contributed by atoms with Gasteiger partial charge in [-0.05, 0) is 42.0 Å². The van der Waals surface area contributed by atoms with Gasteiger partial charge in [-0.25, -0.2) is 0 Å². The first-order chi connectivity index (χ1) is 14.3. The Labute approximate surface area is 166 Å². The zero-order valence-corrected chi connectivity index (χ0v) is 15.6. The topological polar surface area (TPSA) is 106 Å². The molecule has 29 heavy (non-hydrogen) atoms. The van der Waals surface area contributed by atoms with Crippen molar-refractivity contribution >= 4 is 28.5 Å². The number of hydrogen-bond donors (Lipinski definition) is 3. The highest BCUT2D eigenvalue weighted by atomic mass is 16.7. The molecule has 4 aromatic rings. The van der Waals surface area contributed by atoms with Gasteiger partial charge in [0.25, 0.3) is 0 Å². The van der Waals surface area contributed by atoms with Crippen LogP contribution in [0, 0.1) is 0 Å². The van der Waals surface area contributed by atoms with Crippen LogP contribution in [0.1, 0.15) is 5.56 Å². The number of hydrogen-bond acceptors (Lipinski definition) is 8. The Hall–Kier alpha value is -4.01. The largest absolute Gasteiger partial charge is 0.497 e. The summed E-state index contributed by atoms with van der Waals surface area (Å²) in [4.78, 5) is 9.11. The van der Waals surface area contributed by atoms with Crippen LogP contribution in [0.2, 0.25) is 0 Å². The molecule has 1 aliphatic heterocycles. The van der Waals surface area contributed by atoms with E-state index in [1.54, 1.807) is 13.3 Å². The Morgan fingerprint density at radius 2 is 1.93 bits per heavy atom. The van der Waals surface area contributed by atoms with E-state index in [4.69, 9.17) is 14.2 Å². The van der Waals surface area contributed by atoms with E-state index >= 15 is 0 Å². The number of fused-ring (bicyclic) bond motifs is 2. The summed E-state index contributed by atoms with van der Waals surface area (Å²) in [5.74, 6) is 3.43. The molecule has 0 amide bonds. The zero-order chi connectivity index (χ0) is 19.6. The minimum atomic E-state index is 0.256. The predicted octanol–water partition coefficient (Wildman–Crippen LogP) is 3.45. The number of rotatable bonds is 6. The van der Waals surface area contributed by atoms with Crippen LogP contribution in [-0.4, -0.2) is 34.1 Å². The van der Waals surface area contributed by atoms with Crippen LogP contribution in [0.25, 0.3) is 11.0 Å². The van der Waals surface area contributed by atoms with Crippen LogP contribution < -0.4 is 24.8 Å². The molecule has 146 valence electrons. The first-order valence-corrected chi connectivity index (χ1v) is 9.03. The maximum atomic E-state index is 5.43. The molecular weight excluding hydrogens is 372 g/mol. The van der Waals surface area contributed by atoms with Crippen LogP contribution in [0.15, 0.2) is 48.7 Å². The van der Waals surface area contributed by atoms with Crippen molar-refractivity contribution in [2.75, 3.05) is 24.5 Å². The van der Waals surface area contributed by atoms with Crippen LogP contribution in [0.5, 0.6) is 17.2 Å². The summed E-state index contributed by atoms with van der Waals surface area (Å²) in [5.41, 5.74) is 2.56. The van der Waals surface area contributed by atoms with E-state index in [2.05, 4.69) is 30.8 Å². The van der Waals surface area contributed by atoms with E-state index in [0.29, 0.717) is 24.0 Å². The molecule has 0 bridgehead atoms. The molecule has 0 aliphatic carbocycles. The van der Waals surface area contributed by atoms with Gasteiger partial charge in [-0.3, -0.25) is 5.10 Å². The van der Waals surface area contributed by atoms with Gasteiger partial charge in [0.05, 0.1) is 18.7 Å². The minimum Gasteiger partial charge on any atom is -0.497 e. The molecule has 0 atom stereocenters. The van der Waals surface area contributed by atoms with Gasteiger partial charge >= 0.3 is 0 Å². The van der Waals surface area contributed by atoms with Crippen LogP contribution in [-0.2, 0) is 6.54 Å². The fourth-order valence-electron chi connectivity index (χ4n) is 3.05. The van der Waals surface area contributed by atoms with Crippen molar-refractivity contribution in [3.63, 3.8) is 0 Å². The zero-order valence-electron chi connectivity index (χ0n) is 15.6. The average molecular weight is 390 g/mol. The average Bonchev–Trinajstić information content (AvgIpc) is 3.41. The Bertz CT molecular complexity index is 1160. The third kappa shape index (κ3) is 3.45. The molecule has 9 nitrogen and oxygen atoms in total. The van der Waals surface area contributed by atoms with Crippen LogP contribution >= 0.6 is 0 Å². The second-order valence-electron chi connectivity index (χ2n) is 6.42. The highest BCUT2D eigenvalue weighted by Gasteiger charge is 2.14. The predicted molar refractivity (Wildman–Crippen MR) is 108 cm³/mol. The lowest BCUT2D eigenvalue weighted by molar-refractivity contribution is 0.174. The van der Waals surface area contributed by atoms with Crippen molar-refractivity contribution in [3.05, 3.63) is 54.2 Å².